The van der Waals surface area contributed by atoms with Crippen molar-refractivity contribution in [1.29, 1.82) is 0 Å². The van der Waals surface area contributed by atoms with Crippen molar-refractivity contribution in [2.75, 3.05) is 0 Å². The molecule has 0 bridgehead atoms. The van der Waals surface area contributed by atoms with Crippen LogP contribution in [0.3, 0.4) is 0 Å². The molecule has 4 heteroatoms. The first-order valence-electron chi connectivity index (χ1n) is 7.89. The molecule has 1 aromatic carbocycles. The molecule has 1 amide bonds. The molecule has 0 spiro atoms. The minimum Gasteiger partial charge on any atom is -0.463 e. The third-order valence-electron chi connectivity index (χ3n) is 4.01. The topological polar surface area (TPSA) is 47.2 Å². The van der Waals surface area contributed by atoms with Crippen LogP contribution < -0.4 is 5.32 Å². The lowest BCUT2D eigenvalue weighted by Gasteiger charge is -2.14. The average Bonchev–Trinajstić information content (AvgIpc) is 3.04. The van der Waals surface area contributed by atoms with Crippen LogP contribution in [0.1, 0.15) is 41.0 Å². The SMILES string of the molecule is Cc1ccc(C)c(Cn2c(C(=O)NC(C)C)cc3occc32)c1. The second-order valence-corrected chi connectivity index (χ2v) is 6.34. The average molecular weight is 310 g/mol. The van der Waals surface area contributed by atoms with Gasteiger partial charge in [0.05, 0.1) is 11.8 Å². The smallest absolute Gasteiger partial charge is 0.268 e. The van der Waals surface area contributed by atoms with E-state index in [1.54, 1.807) is 6.26 Å². The highest BCUT2D eigenvalue weighted by atomic mass is 16.3. The predicted molar refractivity (Wildman–Crippen MR) is 91.8 cm³/mol. The van der Waals surface area contributed by atoms with Gasteiger partial charge in [-0.25, -0.2) is 0 Å². The number of carbonyl (C=O) groups excluding carboxylic acids is 1. The molecule has 3 rings (SSSR count). The van der Waals surface area contributed by atoms with Crippen LogP contribution in [-0.4, -0.2) is 16.5 Å². The van der Waals surface area contributed by atoms with E-state index < -0.39 is 0 Å². The van der Waals surface area contributed by atoms with E-state index in [9.17, 15) is 4.79 Å². The maximum Gasteiger partial charge on any atom is 0.268 e. The van der Waals surface area contributed by atoms with E-state index in [-0.39, 0.29) is 11.9 Å². The van der Waals surface area contributed by atoms with Crippen LogP contribution in [0.5, 0.6) is 0 Å². The van der Waals surface area contributed by atoms with Crippen LogP contribution in [0.25, 0.3) is 11.1 Å². The first-order chi connectivity index (χ1) is 11.0. The standard InChI is InChI=1S/C19H22N2O2/c1-12(2)20-19(22)17-10-18-16(7-8-23-18)21(17)11-15-9-13(3)5-6-14(15)4/h5-10,12H,11H2,1-4H3,(H,20,22). The number of nitrogens with zero attached hydrogens (tertiary/aromatic N) is 1. The monoisotopic (exact) mass is 310 g/mol. The molecule has 0 aliphatic heterocycles. The fourth-order valence-electron chi connectivity index (χ4n) is 2.81. The molecule has 0 saturated heterocycles. The molecule has 0 aliphatic carbocycles. The quantitative estimate of drug-likeness (QED) is 0.790. The van der Waals surface area contributed by atoms with E-state index in [2.05, 4.69) is 37.4 Å². The van der Waals surface area contributed by atoms with Crippen molar-refractivity contribution in [2.24, 2.45) is 0 Å². The van der Waals surface area contributed by atoms with E-state index >= 15 is 0 Å². The van der Waals surface area contributed by atoms with Crippen LogP contribution in [0.4, 0.5) is 0 Å². The Hall–Kier alpha value is -2.49. The van der Waals surface area contributed by atoms with E-state index in [0.29, 0.717) is 12.2 Å². The minimum absolute atomic E-state index is 0.0725. The van der Waals surface area contributed by atoms with Gasteiger partial charge in [-0.05, 0) is 38.8 Å². The minimum atomic E-state index is -0.0725. The molecule has 23 heavy (non-hydrogen) atoms. The van der Waals surface area contributed by atoms with E-state index in [4.69, 9.17) is 4.42 Å². The zero-order chi connectivity index (χ0) is 16.6. The van der Waals surface area contributed by atoms with Crippen molar-refractivity contribution >= 4 is 17.0 Å². The number of hydrogen-bond acceptors (Lipinski definition) is 2. The van der Waals surface area contributed by atoms with Crippen molar-refractivity contribution in [3.05, 3.63) is 59.0 Å². The molecule has 2 heterocycles. The van der Waals surface area contributed by atoms with Crippen molar-refractivity contribution in [2.45, 2.75) is 40.3 Å². The summed E-state index contributed by atoms with van der Waals surface area (Å²) in [5, 5.41) is 2.96. The number of benzene rings is 1. The molecule has 0 fully saturated rings. The molecular weight excluding hydrogens is 288 g/mol. The molecule has 0 unspecified atom stereocenters. The number of aromatic nitrogens is 1. The summed E-state index contributed by atoms with van der Waals surface area (Å²) in [7, 11) is 0. The Morgan fingerprint density at radius 2 is 2.00 bits per heavy atom. The summed E-state index contributed by atoms with van der Waals surface area (Å²) < 4.78 is 7.51. The van der Waals surface area contributed by atoms with Gasteiger partial charge in [-0.3, -0.25) is 4.79 Å². The Balaban J connectivity index is 2.06. The summed E-state index contributed by atoms with van der Waals surface area (Å²) in [5.41, 5.74) is 5.96. The summed E-state index contributed by atoms with van der Waals surface area (Å²) in [4.78, 5) is 12.5. The Morgan fingerprint density at radius 3 is 2.74 bits per heavy atom. The molecule has 4 nitrogen and oxygen atoms in total. The van der Waals surface area contributed by atoms with Crippen molar-refractivity contribution < 1.29 is 9.21 Å². The van der Waals surface area contributed by atoms with Gasteiger partial charge < -0.3 is 14.3 Å². The molecule has 0 radical (unpaired) electrons. The van der Waals surface area contributed by atoms with Gasteiger partial charge in [0.1, 0.15) is 5.69 Å². The Kier molecular flexibility index (Phi) is 3.99. The van der Waals surface area contributed by atoms with Crippen molar-refractivity contribution in [3.63, 3.8) is 0 Å². The van der Waals surface area contributed by atoms with Crippen LogP contribution in [0, 0.1) is 13.8 Å². The highest BCUT2D eigenvalue weighted by Gasteiger charge is 2.18. The van der Waals surface area contributed by atoms with Crippen molar-refractivity contribution in [1.82, 2.24) is 9.88 Å². The molecule has 120 valence electrons. The van der Waals surface area contributed by atoms with Gasteiger partial charge in [0.25, 0.3) is 5.91 Å². The van der Waals surface area contributed by atoms with Gasteiger partial charge in [-0.15, -0.1) is 0 Å². The van der Waals surface area contributed by atoms with Crippen LogP contribution >= 0.6 is 0 Å². The molecule has 1 N–H and O–H groups in total. The highest BCUT2D eigenvalue weighted by molar-refractivity contribution is 5.97. The van der Waals surface area contributed by atoms with Gasteiger partial charge >= 0.3 is 0 Å². The Labute approximate surface area is 136 Å². The maximum atomic E-state index is 12.5. The number of carbonyl (C=O) groups is 1. The Morgan fingerprint density at radius 1 is 1.22 bits per heavy atom. The zero-order valence-electron chi connectivity index (χ0n) is 14.0. The zero-order valence-corrected chi connectivity index (χ0v) is 14.0. The molecular formula is C19H22N2O2. The van der Waals surface area contributed by atoms with Crippen LogP contribution in [0.2, 0.25) is 0 Å². The van der Waals surface area contributed by atoms with Gasteiger partial charge in [0.15, 0.2) is 5.58 Å². The normalized spacial score (nSPS) is 11.3. The summed E-state index contributed by atoms with van der Waals surface area (Å²) >= 11 is 0. The largest absolute Gasteiger partial charge is 0.463 e. The molecule has 0 aliphatic rings. The fraction of sp³-hybridized carbons (Fsp3) is 0.316. The number of amides is 1. The third-order valence-corrected chi connectivity index (χ3v) is 4.01. The van der Waals surface area contributed by atoms with Crippen LogP contribution in [-0.2, 0) is 6.54 Å². The summed E-state index contributed by atoms with van der Waals surface area (Å²) in [6, 6.07) is 10.2. The van der Waals surface area contributed by atoms with E-state index in [1.165, 1.54) is 16.7 Å². The lowest BCUT2D eigenvalue weighted by Crippen LogP contribution is -2.31. The summed E-state index contributed by atoms with van der Waals surface area (Å²) in [6.45, 7) is 8.74. The number of hydrogen-bond donors (Lipinski definition) is 1. The lowest BCUT2D eigenvalue weighted by atomic mass is 10.1. The highest BCUT2D eigenvalue weighted by Crippen LogP contribution is 2.24. The van der Waals surface area contributed by atoms with E-state index in [1.807, 2.05) is 30.5 Å². The molecule has 0 saturated carbocycles. The van der Waals surface area contributed by atoms with Crippen LogP contribution in [0.15, 0.2) is 41.0 Å². The maximum absolute atomic E-state index is 12.5. The predicted octanol–water partition coefficient (Wildman–Crippen LogP) is 4.04. The molecule has 2 aromatic heterocycles. The van der Waals surface area contributed by atoms with Crippen molar-refractivity contribution in [3.8, 4) is 0 Å². The number of nitrogens with one attached hydrogen (secondary N) is 1. The summed E-state index contributed by atoms with van der Waals surface area (Å²) in [6.07, 6.45) is 1.66. The van der Waals surface area contributed by atoms with E-state index in [0.717, 1.165) is 11.1 Å². The first kappa shape index (κ1) is 15.4. The third kappa shape index (κ3) is 3.02. The van der Waals surface area contributed by atoms with Gasteiger partial charge in [-0.1, -0.05) is 23.8 Å². The number of aryl methyl sites for hydroxylation is 2. The van der Waals surface area contributed by atoms with Gasteiger partial charge in [0.2, 0.25) is 0 Å². The van der Waals surface area contributed by atoms with Gasteiger partial charge in [0, 0.05) is 24.7 Å². The molecule has 0 atom stereocenters. The summed E-state index contributed by atoms with van der Waals surface area (Å²) in [5.74, 6) is -0.0725. The number of rotatable bonds is 4. The second kappa shape index (κ2) is 5.95. The lowest BCUT2D eigenvalue weighted by molar-refractivity contribution is 0.0934. The Bertz CT molecular complexity index is 856. The number of furan rings is 1. The molecule has 3 aromatic rings. The number of fused-ring (bicyclic) bond motifs is 1. The first-order valence-corrected chi connectivity index (χ1v) is 7.89. The second-order valence-electron chi connectivity index (χ2n) is 6.34. The fourth-order valence-corrected chi connectivity index (χ4v) is 2.81. The van der Waals surface area contributed by atoms with Gasteiger partial charge in [-0.2, -0.15) is 0 Å².